The van der Waals surface area contributed by atoms with Crippen LogP contribution < -0.4 is 10.6 Å². The van der Waals surface area contributed by atoms with E-state index in [-0.39, 0.29) is 11.8 Å². The van der Waals surface area contributed by atoms with Crippen molar-refractivity contribution in [1.29, 1.82) is 0 Å². The van der Waals surface area contributed by atoms with Gasteiger partial charge in [-0.25, -0.2) is 0 Å². The molecule has 2 N–H and O–H groups in total. The highest BCUT2D eigenvalue weighted by molar-refractivity contribution is 5.81. The van der Waals surface area contributed by atoms with E-state index in [9.17, 15) is 4.79 Å². The molecule has 5 heteroatoms. The molecular weight excluding hydrogens is 312 g/mol. The molecule has 4 unspecified atom stereocenters. The first-order valence-corrected chi connectivity index (χ1v) is 10.4. The summed E-state index contributed by atoms with van der Waals surface area (Å²) in [6.07, 6.45) is 8.10. The maximum atomic E-state index is 12.1. The molecule has 1 amide bonds. The number of guanidine groups is 1. The van der Waals surface area contributed by atoms with Crippen molar-refractivity contribution < 1.29 is 4.79 Å². The Morgan fingerprint density at radius 3 is 2.72 bits per heavy atom. The molecule has 1 aliphatic heterocycles. The molecule has 2 bridgehead atoms. The highest BCUT2D eigenvalue weighted by Crippen LogP contribution is 2.49. The fourth-order valence-corrected chi connectivity index (χ4v) is 5.03. The van der Waals surface area contributed by atoms with Crippen LogP contribution >= 0.6 is 0 Å². The fraction of sp³-hybridized carbons (Fsp3) is 0.900. The molecule has 0 radical (unpaired) electrons. The lowest BCUT2D eigenvalue weighted by molar-refractivity contribution is -0.133. The second kappa shape index (κ2) is 8.41. The first-order chi connectivity index (χ1) is 12.1. The largest absolute Gasteiger partial charge is 0.357 e. The number of hydrogen-bond acceptors (Lipinski definition) is 2. The zero-order valence-electron chi connectivity index (χ0n) is 16.3. The molecule has 2 saturated carbocycles. The number of aliphatic imine (C=N–C) groups is 1. The van der Waals surface area contributed by atoms with Crippen LogP contribution in [0.4, 0.5) is 0 Å². The summed E-state index contributed by atoms with van der Waals surface area (Å²) in [6, 6.07) is 0.322. The number of carbonyl (C=O) groups is 1. The van der Waals surface area contributed by atoms with E-state index in [1.807, 2.05) is 18.7 Å². The highest BCUT2D eigenvalue weighted by atomic mass is 16.2. The van der Waals surface area contributed by atoms with E-state index in [2.05, 4.69) is 17.6 Å². The Labute approximate surface area is 153 Å². The van der Waals surface area contributed by atoms with Gasteiger partial charge in [0.1, 0.15) is 0 Å². The highest BCUT2D eigenvalue weighted by Gasteiger charge is 2.38. The van der Waals surface area contributed by atoms with Crippen molar-refractivity contribution in [1.82, 2.24) is 15.5 Å². The monoisotopic (exact) mass is 348 g/mol. The normalized spacial score (nSPS) is 31.8. The van der Waals surface area contributed by atoms with Crippen LogP contribution in [0.2, 0.25) is 0 Å². The number of nitrogens with zero attached hydrogens (tertiary/aromatic N) is 2. The van der Waals surface area contributed by atoms with Gasteiger partial charge in [0.2, 0.25) is 5.91 Å². The number of hydrogen-bond donors (Lipinski definition) is 2. The molecule has 3 fully saturated rings. The second-order valence-corrected chi connectivity index (χ2v) is 8.55. The van der Waals surface area contributed by atoms with Crippen molar-refractivity contribution in [2.24, 2.45) is 28.7 Å². The number of rotatable bonds is 6. The van der Waals surface area contributed by atoms with Gasteiger partial charge in [0.05, 0.1) is 0 Å². The molecule has 0 aromatic rings. The minimum absolute atomic E-state index is 0.0856. The van der Waals surface area contributed by atoms with Gasteiger partial charge in [-0.1, -0.05) is 20.3 Å². The summed E-state index contributed by atoms with van der Waals surface area (Å²) < 4.78 is 0. The van der Waals surface area contributed by atoms with Crippen LogP contribution in [0.15, 0.2) is 4.99 Å². The van der Waals surface area contributed by atoms with Gasteiger partial charge < -0.3 is 15.5 Å². The van der Waals surface area contributed by atoms with Crippen molar-refractivity contribution in [2.45, 2.75) is 65.3 Å². The summed E-state index contributed by atoms with van der Waals surface area (Å²) in [5.41, 5.74) is 0. The predicted molar refractivity (Wildman–Crippen MR) is 102 cm³/mol. The van der Waals surface area contributed by atoms with Gasteiger partial charge in [0.15, 0.2) is 5.96 Å². The molecule has 1 heterocycles. The van der Waals surface area contributed by atoms with E-state index in [1.165, 1.54) is 32.1 Å². The number of amides is 1. The third kappa shape index (κ3) is 4.68. The molecule has 0 aromatic carbocycles. The lowest BCUT2D eigenvalue weighted by Gasteiger charge is -2.22. The zero-order valence-corrected chi connectivity index (χ0v) is 16.3. The molecule has 0 aromatic heterocycles. The van der Waals surface area contributed by atoms with Gasteiger partial charge >= 0.3 is 0 Å². The Morgan fingerprint density at radius 2 is 2.08 bits per heavy atom. The molecule has 142 valence electrons. The van der Waals surface area contributed by atoms with E-state index < -0.39 is 0 Å². The Balaban J connectivity index is 1.45. The summed E-state index contributed by atoms with van der Waals surface area (Å²) in [5.74, 6) is 4.20. The first kappa shape index (κ1) is 18.5. The van der Waals surface area contributed by atoms with Crippen molar-refractivity contribution in [3.8, 4) is 0 Å². The molecular formula is C20H36N4O. The third-order valence-electron chi connectivity index (χ3n) is 6.33. The maximum absolute atomic E-state index is 12.1. The molecule has 3 aliphatic rings. The number of carbonyl (C=O) groups excluding carboxylic acids is 1. The van der Waals surface area contributed by atoms with Gasteiger partial charge in [-0.3, -0.25) is 9.79 Å². The van der Waals surface area contributed by atoms with E-state index in [0.29, 0.717) is 6.04 Å². The van der Waals surface area contributed by atoms with Crippen molar-refractivity contribution in [3.63, 3.8) is 0 Å². The molecule has 5 nitrogen and oxygen atoms in total. The lowest BCUT2D eigenvalue weighted by Crippen LogP contribution is -2.45. The van der Waals surface area contributed by atoms with Crippen LogP contribution in [-0.2, 0) is 4.79 Å². The quantitative estimate of drug-likeness (QED) is 0.573. The second-order valence-electron chi connectivity index (χ2n) is 8.55. The zero-order chi connectivity index (χ0) is 17.8. The predicted octanol–water partition coefficient (Wildman–Crippen LogP) is 2.62. The average molecular weight is 349 g/mol. The smallest absolute Gasteiger partial charge is 0.225 e. The average Bonchev–Trinajstić information content (AvgIpc) is 3.30. The molecule has 0 spiro atoms. The van der Waals surface area contributed by atoms with Gasteiger partial charge in [-0.2, -0.15) is 0 Å². The molecule has 2 aliphatic carbocycles. The van der Waals surface area contributed by atoms with Crippen molar-refractivity contribution in [2.75, 3.05) is 26.2 Å². The first-order valence-electron chi connectivity index (χ1n) is 10.4. The van der Waals surface area contributed by atoms with Gasteiger partial charge in [0.25, 0.3) is 0 Å². The molecule has 4 atom stereocenters. The SMILES string of the molecule is CCNC(=NCCC1CC2CCC1C2)NC1CCN(C(=O)C(C)C)C1. The van der Waals surface area contributed by atoms with Crippen LogP contribution in [0, 0.1) is 23.7 Å². The Bertz CT molecular complexity index is 490. The summed E-state index contributed by atoms with van der Waals surface area (Å²) in [5, 5.41) is 6.92. The minimum Gasteiger partial charge on any atom is -0.357 e. The van der Waals surface area contributed by atoms with Crippen LogP contribution in [0.25, 0.3) is 0 Å². The van der Waals surface area contributed by atoms with E-state index in [4.69, 9.17) is 4.99 Å². The van der Waals surface area contributed by atoms with Crippen LogP contribution in [0.1, 0.15) is 59.3 Å². The van der Waals surface area contributed by atoms with Crippen LogP contribution in [0.5, 0.6) is 0 Å². The van der Waals surface area contributed by atoms with Crippen molar-refractivity contribution >= 4 is 11.9 Å². The Morgan fingerprint density at radius 1 is 1.24 bits per heavy atom. The number of fused-ring (bicyclic) bond motifs is 2. The number of likely N-dealkylation sites (tertiary alicyclic amines) is 1. The Hall–Kier alpha value is -1.26. The topological polar surface area (TPSA) is 56.7 Å². The van der Waals surface area contributed by atoms with E-state index in [0.717, 1.165) is 56.3 Å². The van der Waals surface area contributed by atoms with E-state index >= 15 is 0 Å². The standard InChI is InChI=1S/C20H36N4O/c1-4-21-20(22-9-7-17-12-15-5-6-16(17)11-15)23-18-8-10-24(13-18)19(25)14(2)3/h14-18H,4-13H2,1-3H3,(H2,21,22,23). The summed E-state index contributed by atoms with van der Waals surface area (Å²) in [7, 11) is 0. The molecule has 25 heavy (non-hydrogen) atoms. The van der Waals surface area contributed by atoms with Crippen molar-refractivity contribution in [3.05, 3.63) is 0 Å². The summed E-state index contributed by atoms with van der Waals surface area (Å²) >= 11 is 0. The summed E-state index contributed by atoms with van der Waals surface area (Å²) in [6.45, 7) is 9.52. The third-order valence-corrected chi connectivity index (χ3v) is 6.33. The molecule has 1 saturated heterocycles. The summed E-state index contributed by atoms with van der Waals surface area (Å²) in [4.78, 5) is 18.9. The fourth-order valence-electron chi connectivity index (χ4n) is 5.03. The van der Waals surface area contributed by atoms with E-state index in [1.54, 1.807) is 0 Å². The molecule has 3 rings (SSSR count). The van der Waals surface area contributed by atoms with Crippen LogP contribution in [0.3, 0.4) is 0 Å². The number of nitrogens with one attached hydrogen (secondary N) is 2. The van der Waals surface area contributed by atoms with Gasteiger partial charge in [-0.15, -0.1) is 0 Å². The minimum atomic E-state index is 0.0856. The van der Waals surface area contributed by atoms with Gasteiger partial charge in [0, 0.05) is 38.1 Å². The lowest BCUT2D eigenvalue weighted by atomic mass is 9.86. The maximum Gasteiger partial charge on any atom is 0.225 e. The van der Waals surface area contributed by atoms with Crippen LogP contribution in [-0.4, -0.2) is 49.0 Å². The van der Waals surface area contributed by atoms with Gasteiger partial charge in [-0.05, 0) is 56.8 Å². The Kier molecular flexibility index (Phi) is 6.24.